The van der Waals surface area contributed by atoms with Crippen LogP contribution in [0.2, 0.25) is 0 Å². The summed E-state index contributed by atoms with van der Waals surface area (Å²) in [5.41, 5.74) is 8.20. The number of rotatable bonds is 9. The maximum absolute atomic E-state index is 11.6. The molecule has 0 bridgehead atoms. The summed E-state index contributed by atoms with van der Waals surface area (Å²) in [6, 6.07) is 8.53. The fourth-order valence-corrected chi connectivity index (χ4v) is 3.83. The van der Waals surface area contributed by atoms with Crippen LogP contribution in [0.1, 0.15) is 69.1 Å². The summed E-state index contributed by atoms with van der Waals surface area (Å²) in [6.45, 7) is 2.53. The number of hydrogen-bond donors (Lipinski definition) is 2. The standard InChI is InChI=1S/C21H33NO3/c1-16(24)25-21(20-12-8-18(15-22)9-13-20)19-10-6-17(7-11-19)5-3-2-4-14-23/h6-7,10-11,18,20-21,23H,2-5,8-9,12-15,22H2,1H3. The summed E-state index contributed by atoms with van der Waals surface area (Å²) in [5, 5.41) is 8.84. The zero-order chi connectivity index (χ0) is 18.1. The maximum atomic E-state index is 11.6. The van der Waals surface area contributed by atoms with Crippen molar-refractivity contribution in [3.05, 3.63) is 35.4 Å². The Morgan fingerprint density at radius 2 is 1.84 bits per heavy atom. The van der Waals surface area contributed by atoms with E-state index in [0.29, 0.717) is 11.8 Å². The Morgan fingerprint density at radius 3 is 2.40 bits per heavy atom. The minimum atomic E-state index is -0.209. The second-order valence-corrected chi connectivity index (χ2v) is 7.32. The molecule has 25 heavy (non-hydrogen) atoms. The van der Waals surface area contributed by atoms with Gasteiger partial charge >= 0.3 is 5.97 Å². The molecule has 2 rings (SSSR count). The Kier molecular flexibility index (Phi) is 8.42. The van der Waals surface area contributed by atoms with Crippen LogP contribution in [0.15, 0.2) is 24.3 Å². The molecule has 1 aliphatic carbocycles. The fourth-order valence-electron chi connectivity index (χ4n) is 3.83. The summed E-state index contributed by atoms with van der Waals surface area (Å²) in [5.74, 6) is 0.802. The van der Waals surface area contributed by atoms with Crippen LogP contribution in [-0.4, -0.2) is 24.2 Å². The molecule has 0 saturated heterocycles. The molecule has 0 radical (unpaired) electrons. The summed E-state index contributed by atoms with van der Waals surface area (Å²) in [6.07, 6.45) is 8.31. The van der Waals surface area contributed by atoms with Crippen molar-refractivity contribution in [2.45, 2.75) is 64.4 Å². The molecule has 4 nitrogen and oxygen atoms in total. The second-order valence-electron chi connectivity index (χ2n) is 7.32. The van der Waals surface area contributed by atoms with Crippen molar-refractivity contribution < 1.29 is 14.6 Å². The van der Waals surface area contributed by atoms with Crippen LogP contribution in [0.4, 0.5) is 0 Å². The van der Waals surface area contributed by atoms with E-state index in [4.69, 9.17) is 15.6 Å². The van der Waals surface area contributed by atoms with E-state index in [9.17, 15) is 4.79 Å². The lowest BCUT2D eigenvalue weighted by Gasteiger charge is -2.33. The molecule has 1 fully saturated rings. The monoisotopic (exact) mass is 347 g/mol. The Hall–Kier alpha value is -1.39. The molecule has 0 aromatic heterocycles. The predicted molar refractivity (Wildman–Crippen MR) is 100 cm³/mol. The minimum Gasteiger partial charge on any atom is -0.457 e. The third kappa shape index (κ3) is 6.44. The number of hydrogen-bond acceptors (Lipinski definition) is 4. The highest BCUT2D eigenvalue weighted by molar-refractivity contribution is 5.66. The van der Waals surface area contributed by atoms with E-state index in [2.05, 4.69) is 24.3 Å². The molecule has 1 unspecified atom stereocenters. The number of aryl methyl sites for hydroxylation is 1. The topological polar surface area (TPSA) is 72.5 Å². The Bertz CT molecular complexity index is 506. The van der Waals surface area contributed by atoms with Gasteiger partial charge in [0.1, 0.15) is 6.10 Å². The van der Waals surface area contributed by atoms with Crippen LogP contribution in [0.5, 0.6) is 0 Å². The molecular formula is C21H33NO3. The normalized spacial score (nSPS) is 21.7. The van der Waals surface area contributed by atoms with Gasteiger partial charge < -0.3 is 15.6 Å². The molecule has 1 aromatic rings. The Labute approximate surface area is 151 Å². The van der Waals surface area contributed by atoms with Gasteiger partial charge in [-0.15, -0.1) is 0 Å². The number of benzene rings is 1. The molecule has 1 atom stereocenters. The van der Waals surface area contributed by atoms with E-state index in [-0.39, 0.29) is 18.7 Å². The number of carbonyl (C=O) groups is 1. The molecule has 4 heteroatoms. The summed E-state index contributed by atoms with van der Waals surface area (Å²) in [7, 11) is 0. The second kappa shape index (κ2) is 10.6. The van der Waals surface area contributed by atoms with E-state index in [1.165, 1.54) is 12.5 Å². The number of aliphatic hydroxyl groups is 1. The SMILES string of the molecule is CC(=O)OC(c1ccc(CCCCCO)cc1)C1CCC(CN)CC1. The van der Waals surface area contributed by atoms with Gasteiger partial charge in [-0.25, -0.2) is 0 Å². The first-order valence-corrected chi connectivity index (χ1v) is 9.71. The van der Waals surface area contributed by atoms with E-state index >= 15 is 0 Å². The van der Waals surface area contributed by atoms with Gasteiger partial charge in [0.05, 0.1) is 0 Å². The van der Waals surface area contributed by atoms with Gasteiger partial charge in [-0.2, -0.15) is 0 Å². The van der Waals surface area contributed by atoms with Crippen molar-refractivity contribution in [1.29, 1.82) is 0 Å². The molecular weight excluding hydrogens is 314 g/mol. The number of nitrogens with two attached hydrogens (primary N) is 1. The van der Waals surface area contributed by atoms with Gasteiger partial charge in [0.25, 0.3) is 0 Å². The smallest absolute Gasteiger partial charge is 0.303 e. The van der Waals surface area contributed by atoms with Gasteiger partial charge in [-0.3, -0.25) is 4.79 Å². The molecule has 0 aliphatic heterocycles. The van der Waals surface area contributed by atoms with Gasteiger partial charge in [-0.05, 0) is 68.5 Å². The lowest BCUT2D eigenvalue weighted by atomic mass is 9.77. The maximum Gasteiger partial charge on any atom is 0.303 e. The number of aliphatic hydroxyl groups excluding tert-OH is 1. The van der Waals surface area contributed by atoms with E-state index in [1.807, 2.05) is 0 Å². The number of carbonyl (C=O) groups excluding carboxylic acids is 1. The lowest BCUT2D eigenvalue weighted by molar-refractivity contribution is -0.150. The van der Waals surface area contributed by atoms with Crippen molar-refractivity contribution >= 4 is 5.97 Å². The lowest BCUT2D eigenvalue weighted by Crippen LogP contribution is -2.26. The molecule has 3 N–H and O–H groups in total. The van der Waals surface area contributed by atoms with Crippen molar-refractivity contribution in [3.8, 4) is 0 Å². The number of unbranched alkanes of at least 4 members (excludes halogenated alkanes) is 2. The quantitative estimate of drug-likeness (QED) is 0.527. The molecule has 0 amide bonds. The van der Waals surface area contributed by atoms with E-state index in [1.54, 1.807) is 0 Å². The highest BCUT2D eigenvalue weighted by Gasteiger charge is 2.30. The first-order chi connectivity index (χ1) is 12.1. The molecule has 1 saturated carbocycles. The Morgan fingerprint density at radius 1 is 1.16 bits per heavy atom. The summed E-state index contributed by atoms with van der Waals surface area (Å²) >= 11 is 0. The van der Waals surface area contributed by atoms with Crippen molar-refractivity contribution in [2.24, 2.45) is 17.6 Å². The predicted octanol–water partition coefficient (Wildman–Crippen LogP) is 3.76. The van der Waals surface area contributed by atoms with E-state index in [0.717, 1.165) is 63.5 Å². The van der Waals surface area contributed by atoms with Gasteiger partial charge in [0, 0.05) is 19.4 Å². The summed E-state index contributed by atoms with van der Waals surface area (Å²) < 4.78 is 5.70. The van der Waals surface area contributed by atoms with Gasteiger partial charge in [0.15, 0.2) is 0 Å². The van der Waals surface area contributed by atoms with Crippen molar-refractivity contribution in [1.82, 2.24) is 0 Å². The van der Waals surface area contributed by atoms with Crippen LogP contribution in [0.3, 0.4) is 0 Å². The first kappa shape index (κ1) is 19.9. The largest absolute Gasteiger partial charge is 0.457 e. The highest BCUT2D eigenvalue weighted by atomic mass is 16.5. The van der Waals surface area contributed by atoms with Crippen LogP contribution >= 0.6 is 0 Å². The highest BCUT2D eigenvalue weighted by Crippen LogP contribution is 2.39. The molecule has 1 aromatic carbocycles. The average molecular weight is 347 g/mol. The molecule has 0 heterocycles. The zero-order valence-corrected chi connectivity index (χ0v) is 15.5. The fraction of sp³-hybridized carbons (Fsp3) is 0.667. The Balaban J connectivity index is 1.98. The van der Waals surface area contributed by atoms with Gasteiger partial charge in [-0.1, -0.05) is 30.7 Å². The third-order valence-electron chi connectivity index (χ3n) is 5.38. The minimum absolute atomic E-state index is 0.139. The zero-order valence-electron chi connectivity index (χ0n) is 15.5. The molecule has 1 aliphatic rings. The van der Waals surface area contributed by atoms with Crippen LogP contribution < -0.4 is 5.73 Å². The van der Waals surface area contributed by atoms with Crippen molar-refractivity contribution in [3.63, 3.8) is 0 Å². The number of ether oxygens (including phenoxy) is 1. The molecule has 0 spiro atoms. The van der Waals surface area contributed by atoms with Gasteiger partial charge in [0.2, 0.25) is 0 Å². The average Bonchev–Trinajstić information content (AvgIpc) is 2.64. The number of esters is 1. The third-order valence-corrected chi connectivity index (χ3v) is 5.38. The van der Waals surface area contributed by atoms with Crippen molar-refractivity contribution in [2.75, 3.05) is 13.2 Å². The molecule has 140 valence electrons. The van der Waals surface area contributed by atoms with Crippen LogP contribution in [0.25, 0.3) is 0 Å². The van der Waals surface area contributed by atoms with Crippen LogP contribution in [-0.2, 0) is 16.0 Å². The summed E-state index contributed by atoms with van der Waals surface area (Å²) in [4.78, 5) is 11.6. The first-order valence-electron chi connectivity index (χ1n) is 9.71. The van der Waals surface area contributed by atoms with E-state index < -0.39 is 0 Å². The van der Waals surface area contributed by atoms with Crippen LogP contribution in [0, 0.1) is 11.8 Å².